The fraction of sp³-hybridized carbons (Fsp3) is 0.333. The van der Waals surface area contributed by atoms with Crippen molar-refractivity contribution < 1.29 is 18.0 Å². The van der Waals surface area contributed by atoms with Gasteiger partial charge in [-0.1, -0.05) is 0 Å². The Morgan fingerprint density at radius 1 is 1.46 bits per heavy atom. The number of carbonyl (C=O) groups is 2. The molecular weight excluding hydrogens is 196 g/mol. The molecular formula is C6H10N2O4S. The van der Waals surface area contributed by atoms with E-state index in [2.05, 4.69) is 10.5 Å². The van der Waals surface area contributed by atoms with Gasteiger partial charge in [0.1, 0.15) is 5.78 Å². The van der Waals surface area contributed by atoms with E-state index in [1.54, 1.807) is 0 Å². The first-order chi connectivity index (χ1) is 5.81. The van der Waals surface area contributed by atoms with Gasteiger partial charge in [0.2, 0.25) is 15.9 Å². The Morgan fingerprint density at radius 2 is 2.00 bits per heavy atom. The third kappa shape index (κ3) is 8.70. The van der Waals surface area contributed by atoms with Crippen molar-refractivity contribution in [3.05, 3.63) is 11.6 Å². The van der Waals surface area contributed by atoms with E-state index in [0.717, 1.165) is 6.20 Å². The predicted octanol–water partition coefficient (Wildman–Crippen LogP) is -1.16. The summed E-state index contributed by atoms with van der Waals surface area (Å²) in [6, 6.07) is 0. The van der Waals surface area contributed by atoms with Crippen molar-refractivity contribution >= 4 is 21.7 Å². The van der Waals surface area contributed by atoms with Crippen molar-refractivity contribution in [1.82, 2.24) is 5.32 Å². The summed E-state index contributed by atoms with van der Waals surface area (Å²) in [6.45, 7) is 1.25. The summed E-state index contributed by atoms with van der Waals surface area (Å²) >= 11 is 0. The zero-order valence-electron chi connectivity index (χ0n) is 6.98. The Hall–Kier alpha value is -1.21. The highest BCUT2D eigenvalue weighted by Gasteiger charge is 2.02. The summed E-state index contributed by atoms with van der Waals surface area (Å²) in [4.78, 5) is 21.1. The topological polar surface area (TPSA) is 106 Å². The number of hydrogen-bond acceptors (Lipinski definition) is 4. The molecule has 0 aromatic rings. The van der Waals surface area contributed by atoms with E-state index >= 15 is 0 Å². The van der Waals surface area contributed by atoms with Crippen LogP contribution >= 0.6 is 0 Å². The fourth-order valence-corrected chi connectivity index (χ4v) is 0.757. The molecule has 0 aromatic heterocycles. The molecule has 7 heteroatoms. The van der Waals surface area contributed by atoms with Crippen molar-refractivity contribution in [2.24, 2.45) is 5.14 Å². The maximum atomic E-state index is 10.7. The molecule has 0 fully saturated rings. The highest BCUT2D eigenvalue weighted by Crippen LogP contribution is 1.83. The zero-order valence-corrected chi connectivity index (χ0v) is 7.80. The first-order valence-corrected chi connectivity index (χ1v) is 4.90. The van der Waals surface area contributed by atoms with Crippen LogP contribution in [0.15, 0.2) is 11.6 Å². The molecule has 0 radical (unpaired) electrons. The highest BCUT2D eigenvalue weighted by molar-refractivity contribution is 7.92. The van der Waals surface area contributed by atoms with Crippen LogP contribution in [0.3, 0.4) is 0 Å². The van der Waals surface area contributed by atoms with Crippen molar-refractivity contribution in [3.8, 4) is 0 Å². The van der Waals surface area contributed by atoms with Crippen LogP contribution in [0.2, 0.25) is 0 Å². The van der Waals surface area contributed by atoms with E-state index in [0.29, 0.717) is 5.41 Å². The van der Waals surface area contributed by atoms with Gasteiger partial charge in [0.05, 0.1) is 11.8 Å². The molecule has 0 aromatic carbocycles. The third-order valence-electron chi connectivity index (χ3n) is 0.912. The smallest absolute Gasteiger partial charge is 0.232 e. The Bertz CT molecular complexity index is 331. The van der Waals surface area contributed by atoms with Gasteiger partial charge in [0, 0.05) is 6.20 Å². The Morgan fingerprint density at radius 3 is 2.38 bits per heavy atom. The van der Waals surface area contributed by atoms with E-state index in [4.69, 9.17) is 0 Å². The molecule has 0 unspecified atom stereocenters. The summed E-state index contributed by atoms with van der Waals surface area (Å²) in [6.07, 6.45) is 0.593. The minimum Gasteiger partial charge on any atom is -0.332 e. The number of ketones is 1. The molecule has 0 atom stereocenters. The van der Waals surface area contributed by atoms with Crippen LogP contribution in [-0.2, 0) is 19.6 Å². The molecule has 0 aliphatic rings. The second kappa shape index (κ2) is 4.73. The third-order valence-corrected chi connectivity index (χ3v) is 1.43. The number of nitrogens with two attached hydrogens (primary N) is 1. The van der Waals surface area contributed by atoms with Crippen LogP contribution in [0.5, 0.6) is 0 Å². The molecule has 0 aliphatic heterocycles. The van der Waals surface area contributed by atoms with Crippen LogP contribution in [0.1, 0.15) is 13.3 Å². The minimum atomic E-state index is -3.73. The highest BCUT2D eigenvalue weighted by atomic mass is 32.2. The SMILES string of the molecule is CC(=O)CC(=O)N/C=C\S(N)(=O)=O. The maximum Gasteiger partial charge on any atom is 0.232 e. The molecule has 74 valence electrons. The summed E-state index contributed by atoms with van der Waals surface area (Å²) in [7, 11) is -3.73. The van der Waals surface area contributed by atoms with Gasteiger partial charge < -0.3 is 5.32 Å². The van der Waals surface area contributed by atoms with Gasteiger partial charge in [-0.3, -0.25) is 9.59 Å². The number of amides is 1. The van der Waals surface area contributed by atoms with E-state index in [1.165, 1.54) is 6.92 Å². The summed E-state index contributed by atoms with van der Waals surface area (Å²) < 4.78 is 20.6. The molecule has 0 heterocycles. The molecule has 3 N–H and O–H groups in total. The monoisotopic (exact) mass is 206 g/mol. The van der Waals surface area contributed by atoms with Crippen LogP contribution in [-0.4, -0.2) is 20.1 Å². The Balaban J connectivity index is 3.98. The molecule has 0 bridgehead atoms. The lowest BCUT2D eigenvalue weighted by atomic mass is 10.3. The van der Waals surface area contributed by atoms with Gasteiger partial charge in [0.25, 0.3) is 0 Å². The second-order valence-corrected chi connectivity index (χ2v) is 3.79. The average Bonchev–Trinajstić information content (AvgIpc) is 1.81. The predicted molar refractivity (Wildman–Crippen MR) is 45.7 cm³/mol. The normalized spacial score (nSPS) is 11.5. The first kappa shape index (κ1) is 11.8. The second-order valence-electron chi connectivity index (χ2n) is 2.34. The number of rotatable bonds is 4. The molecule has 0 rings (SSSR count). The number of primary sulfonamides is 1. The van der Waals surface area contributed by atoms with Crippen molar-refractivity contribution in [3.63, 3.8) is 0 Å². The lowest BCUT2D eigenvalue weighted by Gasteiger charge is -1.94. The molecule has 0 saturated heterocycles. The molecule has 0 spiro atoms. The van der Waals surface area contributed by atoms with Gasteiger partial charge >= 0.3 is 0 Å². The molecule has 6 nitrogen and oxygen atoms in total. The van der Waals surface area contributed by atoms with Crippen molar-refractivity contribution in [2.45, 2.75) is 13.3 Å². The maximum absolute atomic E-state index is 10.7. The van der Waals surface area contributed by atoms with Crippen molar-refractivity contribution in [1.29, 1.82) is 0 Å². The number of nitrogens with one attached hydrogen (secondary N) is 1. The Kier molecular flexibility index (Phi) is 4.29. The fourth-order valence-electron chi connectivity index (χ4n) is 0.499. The lowest BCUT2D eigenvalue weighted by molar-refractivity contribution is -0.126. The molecule has 0 aliphatic carbocycles. The van der Waals surface area contributed by atoms with E-state index in [-0.39, 0.29) is 12.2 Å². The molecule has 13 heavy (non-hydrogen) atoms. The molecule has 0 saturated carbocycles. The lowest BCUT2D eigenvalue weighted by Crippen LogP contribution is -2.20. The minimum absolute atomic E-state index is 0.283. The summed E-state index contributed by atoms with van der Waals surface area (Å²) in [5.41, 5.74) is 0. The molecule has 1 amide bonds. The van der Waals surface area contributed by atoms with Crippen LogP contribution in [0.4, 0.5) is 0 Å². The van der Waals surface area contributed by atoms with Crippen LogP contribution in [0, 0.1) is 0 Å². The van der Waals surface area contributed by atoms with Crippen LogP contribution < -0.4 is 10.5 Å². The number of sulfonamides is 1. The zero-order chi connectivity index (χ0) is 10.5. The van der Waals surface area contributed by atoms with E-state index in [9.17, 15) is 18.0 Å². The van der Waals surface area contributed by atoms with Gasteiger partial charge in [-0.25, -0.2) is 13.6 Å². The van der Waals surface area contributed by atoms with E-state index < -0.39 is 15.9 Å². The average molecular weight is 206 g/mol. The van der Waals surface area contributed by atoms with Gasteiger partial charge in [-0.15, -0.1) is 0 Å². The quantitative estimate of drug-likeness (QED) is 0.566. The van der Waals surface area contributed by atoms with Crippen molar-refractivity contribution in [2.75, 3.05) is 0 Å². The van der Waals surface area contributed by atoms with E-state index in [1.807, 2.05) is 0 Å². The summed E-state index contributed by atoms with van der Waals surface area (Å²) in [5.74, 6) is -0.881. The number of Topliss-reactive ketones (excluding diaryl/α,β-unsaturated/α-hetero) is 1. The van der Waals surface area contributed by atoms with Crippen LogP contribution in [0.25, 0.3) is 0 Å². The standard InChI is InChI=1S/C6H10N2O4S/c1-5(9)4-6(10)8-2-3-13(7,11)12/h2-3H,4H2,1H3,(H,8,10)(H2,7,11,12)/b3-2-. The van der Waals surface area contributed by atoms with Gasteiger partial charge in [0.15, 0.2) is 0 Å². The number of hydrogen-bond donors (Lipinski definition) is 2. The largest absolute Gasteiger partial charge is 0.332 e. The summed E-state index contributed by atoms with van der Waals surface area (Å²) in [5, 5.41) is 7.29. The van der Waals surface area contributed by atoms with Gasteiger partial charge in [-0.2, -0.15) is 0 Å². The van der Waals surface area contributed by atoms with Gasteiger partial charge in [-0.05, 0) is 6.92 Å². The Labute approximate surface area is 75.8 Å². The number of carbonyl (C=O) groups excluding carboxylic acids is 2. The first-order valence-electron chi connectivity index (χ1n) is 3.29.